The van der Waals surface area contributed by atoms with Gasteiger partial charge < -0.3 is 15.3 Å². The molecule has 1 aromatic rings. The van der Waals surface area contributed by atoms with Gasteiger partial charge in [0.1, 0.15) is 0 Å². The summed E-state index contributed by atoms with van der Waals surface area (Å²) in [6.07, 6.45) is 2.56. The lowest BCUT2D eigenvalue weighted by Gasteiger charge is -2.40. The van der Waals surface area contributed by atoms with Crippen LogP contribution in [0.25, 0.3) is 0 Å². The molecular formula is C17H20N2O4. The monoisotopic (exact) mass is 316 g/mol. The first-order valence-corrected chi connectivity index (χ1v) is 7.89. The SMILES string of the molecule is CC(=O)Nc1ccc([C@@H]2[C@@H](C(=O)O)CCC(=O)N2C2CC2)cc1. The first kappa shape index (κ1) is 15.5. The van der Waals surface area contributed by atoms with Crippen LogP contribution >= 0.6 is 0 Å². The fourth-order valence-corrected chi connectivity index (χ4v) is 3.32. The van der Waals surface area contributed by atoms with Crippen LogP contribution in [-0.4, -0.2) is 33.8 Å². The van der Waals surface area contributed by atoms with E-state index < -0.39 is 17.9 Å². The van der Waals surface area contributed by atoms with E-state index in [1.165, 1.54) is 6.92 Å². The van der Waals surface area contributed by atoms with Crippen molar-refractivity contribution in [1.29, 1.82) is 0 Å². The van der Waals surface area contributed by atoms with Gasteiger partial charge in [0, 0.05) is 25.1 Å². The minimum absolute atomic E-state index is 0.0425. The molecule has 1 aliphatic heterocycles. The largest absolute Gasteiger partial charge is 0.481 e. The van der Waals surface area contributed by atoms with Gasteiger partial charge in [-0.2, -0.15) is 0 Å². The lowest BCUT2D eigenvalue weighted by Crippen LogP contribution is -2.46. The van der Waals surface area contributed by atoms with Crippen molar-refractivity contribution in [2.75, 3.05) is 5.32 Å². The van der Waals surface area contributed by atoms with Gasteiger partial charge in [0.2, 0.25) is 11.8 Å². The molecule has 1 saturated carbocycles. The molecular weight excluding hydrogens is 296 g/mol. The molecule has 1 heterocycles. The molecule has 0 bridgehead atoms. The molecule has 0 spiro atoms. The van der Waals surface area contributed by atoms with Gasteiger partial charge in [0.05, 0.1) is 12.0 Å². The Labute approximate surface area is 134 Å². The standard InChI is InChI=1S/C17H20N2O4/c1-10(20)18-12-4-2-11(3-5-12)16-14(17(22)23)8-9-15(21)19(16)13-6-7-13/h2-5,13-14,16H,6-9H2,1H3,(H,18,20)(H,22,23)/t14-,16+/m0/s1. The summed E-state index contributed by atoms with van der Waals surface area (Å²) in [6, 6.07) is 6.86. The molecule has 2 amide bonds. The second kappa shape index (κ2) is 6.02. The normalized spacial score (nSPS) is 24.4. The number of nitrogens with one attached hydrogen (secondary N) is 1. The molecule has 23 heavy (non-hydrogen) atoms. The topological polar surface area (TPSA) is 86.7 Å². The predicted octanol–water partition coefficient (Wildman–Crippen LogP) is 2.17. The van der Waals surface area contributed by atoms with E-state index >= 15 is 0 Å². The lowest BCUT2D eigenvalue weighted by molar-refractivity contribution is -0.152. The summed E-state index contributed by atoms with van der Waals surface area (Å²) >= 11 is 0. The van der Waals surface area contributed by atoms with E-state index in [1.54, 1.807) is 29.2 Å². The maximum atomic E-state index is 12.3. The number of carbonyl (C=O) groups is 3. The van der Waals surface area contributed by atoms with E-state index in [-0.39, 0.29) is 17.9 Å². The number of amides is 2. The number of nitrogens with zero attached hydrogens (tertiary/aromatic N) is 1. The van der Waals surface area contributed by atoms with Crippen molar-refractivity contribution in [2.45, 2.75) is 44.7 Å². The number of likely N-dealkylation sites (tertiary alicyclic amines) is 1. The van der Waals surface area contributed by atoms with E-state index in [0.717, 1.165) is 18.4 Å². The van der Waals surface area contributed by atoms with Gasteiger partial charge in [0.25, 0.3) is 0 Å². The Balaban J connectivity index is 1.92. The van der Waals surface area contributed by atoms with E-state index in [2.05, 4.69) is 5.32 Å². The first-order valence-electron chi connectivity index (χ1n) is 7.89. The molecule has 1 saturated heterocycles. The number of carboxylic acid groups (broad SMARTS) is 1. The van der Waals surface area contributed by atoms with Crippen LogP contribution in [0.4, 0.5) is 5.69 Å². The van der Waals surface area contributed by atoms with Gasteiger partial charge in [-0.1, -0.05) is 12.1 Å². The van der Waals surface area contributed by atoms with Gasteiger partial charge >= 0.3 is 5.97 Å². The minimum Gasteiger partial charge on any atom is -0.481 e. The molecule has 2 aliphatic rings. The van der Waals surface area contributed by atoms with Crippen LogP contribution in [0.5, 0.6) is 0 Å². The zero-order valence-electron chi connectivity index (χ0n) is 13.0. The summed E-state index contributed by atoms with van der Waals surface area (Å²) in [6.45, 7) is 1.43. The first-order chi connectivity index (χ1) is 11.0. The summed E-state index contributed by atoms with van der Waals surface area (Å²) in [5, 5.41) is 12.2. The number of rotatable bonds is 4. The molecule has 2 fully saturated rings. The molecule has 1 aliphatic carbocycles. The number of carboxylic acids is 1. The van der Waals surface area contributed by atoms with Crippen LogP contribution in [0.1, 0.15) is 44.2 Å². The van der Waals surface area contributed by atoms with E-state index in [9.17, 15) is 19.5 Å². The highest BCUT2D eigenvalue weighted by Gasteiger charge is 2.46. The number of anilines is 1. The average molecular weight is 316 g/mol. The third-order valence-electron chi connectivity index (χ3n) is 4.47. The van der Waals surface area contributed by atoms with Crippen molar-refractivity contribution in [3.8, 4) is 0 Å². The molecule has 2 N–H and O–H groups in total. The zero-order chi connectivity index (χ0) is 16.6. The zero-order valence-corrected chi connectivity index (χ0v) is 13.0. The smallest absolute Gasteiger partial charge is 0.308 e. The Morgan fingerprint density at radius 3 is 2.35 bits per heavy atom. The second-order valence-corrected chi connectivity index (χ2v) is 6.26. The van der Waals surface area contributed by atoms with Crippen molar-refractivity contribution in [2.24, 2.45) is 5.92 Å². The van der Waals surface area contributed by atoms with Crippen LogP contribution in [0.15, 0.2) is 24.3 Å². The third-order valence-corrected chi connectivity index (χ3v) is 4.47. The molecule has 0 unspecified atom stereocenters. The molecule has 6 heteroatoms. The van der Waals surface area contributed by atoms with Crippen molar-refractivity contribution in [3.05, 3.63) is 29.8 Å². The number of hydrogen-bond acceptors (Lipinski definition) is 3. The van der Waals surface area contributed by atoms with Crippen LogP contribution in [-0.2, 0) is 14.4 Å². The van der Waals surface area contributed by atoms with Crippen molar-refractivity contribution >= 4 is 23.5 Å². The van der Waals surface area contributed by atoms with Crippen molar-refractivity contribution < 1.29 is 19.5 Å². The Bertz CT molecular complexity index is 636. The number of piperidine rings is 1. The molecule has 0 aromatic heterocycles. The van der Waals surface area contributed by atoms with E-state index in [1.807, 2.05) is 0 Å². The number of carbonyl (C=O) groups excluding carboxylic acids is 2. The Morgan fingerprint density at radius 1 is 1.17 bits per heavy atom. The Morgan fingerprint density at radius 2 is 1.83 bits per heavy atom. The van der Waals surface area contributed by atoms with Gasteiger partial charge in [-0.05, 0) is 37.0 Å². The lowest BCUT2D eigenvalue weighted by atomic mass is 9.84. The summed E-state index contributed by atoms with van der Waals surface area (Å²) in [7, 11) is 0. The summed E-state index contributed by atoms with van der Waals surface area (Å²) < 4.78 is 0. The maximum absolute atomic E-state index is 12.3. The molecule has 0 radical (unpaired) electrons. The highest BCUT2D eigenvalue weighted by Crippen LogP contribution is 2.43. The minimum atomic E-state index is -0.862. The van der Waals surface area contributed by atoms with Gasteiger partial charge in [-0.15, -0.1) is 0 Å². The summed E-state index contributed by atoms with van der Waals surface area (Å²) in [5.41, 5.74) is 1.47. The molecule has 1 aromatic carbocycles. The fourth-order valence-electron chi connectivity index (χ4n) is 3.32. The number of aliphatic carboxylic acids is 1. The van der Waals surface area contributed by atoms with Crippen LogP contribution in [0.3, 0.4) is 0 Å². The van der Waals surface area contributed by atoms with Crippen LogP contribution < -0.4 is 5.32 Å². The second-order valence-electron chi connectivity index (χ2n) is 6.26. The van der Waals surface area contributed by atoms with Crippen LogP contribution in [0, 0.1) is 5.92 Å². The molecule has 6 nitrogen and oxygen atoms in total. The van der Waals surface area contributed by atoms with E-state index in [0.29, 0.717) is 18.5 Å². The number of hydrogen-bond donors (Lipinski definition) is 2. The highest BCUT2D eigenvalue weighted by molar-refractivity contribution is 5.88. The fraction of sp³-hybridized carbons (Fsp3) is 0.471. The van der Waals surface area contributed by atoms with Gasteiger partial charge in [-0.25, -0.2) is 0 Å². The van der Waals surface area contributed by atoms with Gasteiger partial charge in [-0.3, -0.25) is 14.4 Å². The van der Waals surface area contributed by atoms with Gasteiger partial charge in [0.15, 0.2) is 0 Å². The summed E-state index contributed by atoms with van der Waals surface area (Å²) in [4.78, 5) is 36.8. The van der Waals surface area contributed by atoms with E-state index in [4.69, 9.17) is 0 Å². The quantitative estimate of drug-likeness (QED) is 0.891. The molecule has 3 rings (SSSR count). The molecule has 122 valence electrons. The average Bonchev–Trinajstić information content (AvgIpc) is 3.31. The maximum Gasteiger partial charge on any atom is 0.308 e. The highest BCUT2D eigenvalue weighted by atomic mass is 16.4. The van der Waals surface area contributed by atoms with Crippen molar-refractivity contribution in [1.82, 2.24) is 4.90 Å². The van der Waals surface area contributed by atoms with Crippen LogP contribution in [0.2, 0.25) is 0 Å². The molecule has 2 atom stereocenters. The van der Waals surface area contributed by atoms with Crippen molar-refractivity contribution in [3.63, 3.8) is 0 Å². The third kappa shape index (κ3) is 3.21. The summed E-state index contributed by atoms with van der Waals surface area (Å²) in [5.74, 6) is -1.56. The predicted molar refractivity (Wildman–Crippen MR) is 83.7 cm³/mol. The Kier molecular flexibility index (Phi) is 4.07. The number of benzene rings is 1. The Hall–Kier alpha value is -2.37.